The standard InChI is InChI=1S/C8H10I/c1-5-4-8(9)7(3)6(5)2/h4H,1-3H3/q-1. The van der Waals surface area contributed by atoms with E-state index in [1.54, 1.807) is 0 Å². The lowest BCUT2D eigenvalue weighted by molar-refractivity contribution is 1.34. The van der Waals surface area contributed by atoms with Crippen LogP contribution in [0.3, 0.4) is 0 Å². The largest absolute Gasteiger partial charge is 0.197 e. The molecule has 0 fully saturated rings. The Kier molecular flexibility index (Phi) is 1.89. The quantitative estimate of drug-likeness (QED) is 0.477. The summed E-state index contributed by atoms with van der Waals surface area (Å²) in [5, 5.41) is 0. The molecule has 50 valence electrons. The second-order valence-electron chi connectivity index (χ2n) is 2.43. The summed E-state index contributed by atoms with van der Waals surface area (Å²) in [6.07, 6.45) is 0. The van der Waals surface area contributed by atoms with Crippen LogP contribution >= 0.6 is 22.6 Å². The molecule has 0 aliphatic rings. The van der Waals surface area contributed by atoms with Gasteiger partial charge in [-0.3, -0.25) is 0 Å². The van der Waals surface area contributed by atoms with E-state index in [0.29, 0.717) is 0 Å². The van der Waals surface area contributed by atoms with E-state index in [0.717, 1.165) is 0 Å². The van der Waals surface area contributed by atoms with Gasteiger partial charge in [-0.15, -0.1) is 26.2 Å². The molecule has 0 radical (unpaired) electrons. The molecule has 0 bridgehead atoms. The Bertz CT molecular complexity index is 198. The van der Waals surface area contributed by atoms with Gasteiger partial charge in [0.25, 0.3) is 0 Å². The van der Waals surface area contributed by atoms with Gasteiger partial charge in [0.05, 0.1) is 0 Å². The van der Waals surface area contributed by atoms with E-state index in [1.807, 2.05) is 0 Å². The number of halogens is 1. The fourth-order valence-electron chi connectivity index (χ4n) is 0.881. The van der Waals surface area contributed by atoms with E-state index in [4.69, 9.17) is 0 Å². The third-order valence-corrected chi connectivity index (χ3v) is 2.98. The molecule has 0 spiro atoms. The Hall–Kier alpha value is 0.0800. The lowest BCUT2D eigenvalue weighted by Gasteiger charge is -2.00. The summed E-state index contributed by atoms with van der Waals surface area (Å²) >= 11 is 2.37. The molecule has 0 atom stereocenters. The molecule has 0 N–H and O–H groups in total. The van der Waals surface area contributed by atoms with Crippen LogP contribution in [-0.2, 0) is 0 Å². The number of rotatable bonds is 0. The highest BCUT2D eigenvalue weighted by Gasteiger charge is 1.90. The lowest BCUT2D eigenvalue weighted by Crippen LogP contribution is -1.73. The Morgan fingerprint density at radius 1 is 1.44 bits per heavy atom. The van der Waals surface area contributed by atoms with Crippen molar-refractivity contribution in [3.8, 4) is 0 Å². The molecule has 1 heteroatoms. The zero-order valence-corrected chi connectivity index (χ0v) is 8.11. The van der Waals surface area contributed by atoms with E-state index in [9.17, 15) is 0 Å². The highest BCUT2D eigenvalue weighted by atomic mass is 127. The Balaban J connectivity index is 3.29. The first-order valence-electron chi connectivity index (χ1n) is 3.02. The molecule has 0 aliphatic heterocycles. The van der Waals surface area contributed by atoms with Gasteiger partial charge < -0.3 is 0 Å². The highest BCUT2D eigenvalue weighted by molar-refractivity contribution is 14.1. The van der Waals surface area contributed by atoms with Gasteiger partial charge in [-0.25, -0.2) is 0 Å². The first kappa shape index (κ1) is 7.19. The zero-order valence-electron chi connectivity index (χ0n) is 5.96. The van der Waals surface area contributed by atoms with Gasteiger partial charge >= 0.3 is 0 Å². The maximum Gasteiger partial charge on any atom is -0.0623 e. The van der Waals surface area contributed by atoms with Gasteiger partial charge in [0.1, 0.15) is 0 Å². The summed E-state index contributed by atoms with van der Waals surface area (Å²) in [5.74, 6) is 0. The third kappa shape index (κ3) is 1.16. The van der Waals surface area contributed by atoms with Crippen molar-refractivity contribution in [3.63, 3.8) is 0 Å². The van der Waals surface area contributed by atoms with Crippen molar-refractivity contribution < 1.29 is 0 Å². The molecule has 9 heavy (non-hydrogen) atoms. The SMILES string of the molecule is Cc1cc(I)c(C)[c-]1C. The molecule has 0 aliphatic carbocycles. The van der Waals surface area contributed by atoms with Crippen molar-refractivity contribution >= 4 is 22.6 Å². The normalized spacial score (nSPS) is 10.2. The molecule has 0 saturated carbocycles. The van der Waals surface area contributed by atoms with Gasteiger partial charge in [0, 0.05) is 0 Å². The molecule has 1 aromatic carbocycles. The molecular formula is C8H10I-. The van der Waals surface area contributed by atoms with Crippen LogP contribution < -0.4 is 0 Å². The van der Waals surface area contributed by atoms with E-state index in [2.05, 4.69) is 49.4 Å². The van der Waals surface area contributed by atoms with Crippen LogP contribution in [-0.4, -0.2) is 0 Å². The Morgan fingerprint density at radius 2 is 2.00 bits per heavy atom. The first-order valence-corrected chi connectivity index (χ1v) is 4.10. The minimum atomic E-state index is 1.39. The maximum atomic E-state index is 2.37. The van der Waals surface area contributed by atoms with E-state index < -0.39 is 0 Å². The minimum absolute atomic E-state index is 1.39. The van der Waals surface area contributed by atoms with Crippen molar-refractivity contribution in [2.45, 2.75) is 20.8 Å². The van der Waals surface area contributed by atoms with E-state index in [1.165, 1.54) is 20.3 Å². The van der Waals surface area contributed by atoms with Crippen LogP contribution in [0.5, 0.6) is 0 Å². The van der Waals surface area contributed by atoms with Crippen LogP contribution in [0.1, 0.15) is 16.7 Å². The van der Waals surface area contributed by atoms with Gasteiger partial charge in [-0.05, 0) is 0 Å². The Morgan fingerprint density at radius 3 is 2.11 bits per heavy atom. The fourth-order valence-corrected chi connectivity index (χ4v) is 1.75. The van der Waals surface area contributed by atoms with Gasteiger partial charge in [-0.1, -0.05) is 20.8 Å². The molecule has 0 saturated heterocycles. The maximum absolute atomic E-state index is 2.37. The average Bonchev–Trinajstić information content (AvgIpc) is 1.98. The molecule has 1 aromatic rings. The number of hydrogen-bond donors (Lipinski definition) is 0. The summed E-state index contributed by atoms with van der Waals surface area (Å²) < 4.78 is 1.39. The molecule has 0 amide bonds. The zero-order chi connectivity index (χ0) is 7.02. The molecule has 0 aromatic heterocycles. The van der Waals surface area contributed by atoms with Crippen LogP contribution in [0.4, 0.5) is 0 Å². The number of hydrogen-bond acceptors (Lipinski definition) is 0. The predicted octanol–water partition coefficient (Wildman–Crippen LogP) is 2.94. The van der Waals surface area contributed by atoms with Crippen LogP contribution in [0.2, 0.25) is 0 Å². The monoisotopic (exact) mass is 233 g/mol. The van der Waals surface area contributed by atoms with Gasteiger partial charge in [0.2, 0.25) is 0 Å². The van der Waals surface area contributed by atoms with Gasteiger partial charge in [-0.2, -0.15) is 22.8 Å². The second-order valence-corrected chi connectivity index (χ2v) is 3.59. The van der Waals surface area contributed by atoms with Gasteiger partial charge in [0.15, 0.2) is 0 Å². The van der Waals surface area contributed by atoms with Crippen LogP contribution in [0.15, 0.2) is 6.07 Å². The summed E-state index contributed by atoms with van der Waals surface area (Å²) in [4.78, 5) is 0. The smallest absolute Gasteiger partial charge is 0.0623 e. The molecular weight excluding hydrogens is 223 g/mol. The average molecular weight is 233 g/mol. The van der Waals surface area contributed by atoms with Crippen LogP contribution in [0, 0.1) is 24.3 Å². The summed E-state index contributed by atoms with van der Waals surface area (Å²) in [5.41, 5.74) is 4.30. The molecule has 0 nitrogen and oxygen atoms in total. The van der Waals surface area contributed by atoms with E-state index >= 15 is 0 Å². The van der Waals surface area contributed by atoms with Crippen molar-refractivity contribution in [1.29, 1.82) is 0 Å². The molecule has 0 unspecified atom stereocenters. The third-order valence-electron chi connectivity index (χ3n) is 1.86. The molecule has 0 heterocycles. The first-order chi connectivity index (χ1) is 4.13. The Labute approximate surface area is 69.8 Å². The van der Waals surface area contributed by atoms with E-state index in [-0.39, 0.29) is 0 Å². The van der Waals surface area contributed by atoms with Crippen molar-refractivity contribution in [2.75, 3.05) is 0 Å². The molecule has 1 rings (SSSR count). The highest BCUT2D eigenvalue weighted by Crippen LogP contribution is 2.21. The summed E-state index contributed by atoms with van der Waals surface area (Å²) in [6.45, 7) is 6.50. The van der Waals surface area contributed by atoms with Crippen molar-refractivity contribution in [1.82, 2.24) is 0 Å². The topological polar surface area (TPSA) is 0 Å². The summed E-state index contributed by atoms with van der Waals surface area (Å²) in [7, 11) is 0. The number of aryl methyl sites for hydroxylation is 1. The van der Waals surface area contributed by atoms with Crippen molar-refractivity contribution in [2.24, 2.45) is 0 Å². The second kappa shape index (κ2) is 2.37. The minimum Gasteiger partial charge on any atom is -0.197 e. The summed E-state index contributed by atoms with van der Waals surface area (Å²) in [6, 6.07) is 2.23. The fraction of sp³-hybridized carbons (Fsp3) is 0.375. The van der Waals surface area contributed by atoms with Crippen molar-refractivity contribution in [3.05, 3.63) is 26.3 Å². The predicted molar refractivity (Wildman–Crippen MR) is 49.0 cm³/mol. The lowest BCUT2D eigenvalue weighted by atomic mass is 10.2. The van der Waals surface area contributed by atoms with Crippen LogP contribution in [0.25, 0.3) is 0 Å².